The molecule has 22 heavy (non-hydrogen) atoms. The number of nitrogens with zero attached hydrogens (tertiary/aromatic N) is 1. The Bertz CT molecular complexity index is 739. The van der Waals surface area contributed by atoms with Crippen LogP contribution in [-0.4, -0.2) is 4.98 Å². The first-order chi connectivity index (χ1) is 10.4. The second kappa shape index (κ2) is 5.57. The van der Waals surface area contributed by atoms with Crippen molar-refractivity contribution >= 4 is 17.7 Å². The molecule has 1 heterocycles. The summed E-state index contributed by atoms with van der Waals surface area (Å²) < 4.78 is 0. The number of allylic oxidation sites excluding steroid dienone is 8. The standard InChI is InChI=1S/C21H23N/c1-15-7-9-18-16(2)14-20(22-19(18)10-8-15)17-6-5-12-21(3,4)13-11-17/h5-15H,1-4H3. The third-order valence-corrected chi connectivity index (χ3v) is 4.21. The van der Waals surface area contributed by atoms with Crippen LogP contribution >= 0.6 is 0 Å². The van der Waals surface area contributed by atoms with Crippen LogP contribution in [0.2, 0.25) is 0 Å². The lowest BCUT2D eigenvalue weighted by Gasteiger charge is -2.13. The molecule has 0 saturated heterocycles. The van der Waals surface area contributed by atoms with Crippen molar-refractivity contribution in [1.82, 2.24) is 4.98 Å². The lowest BCUT2D eigenvalue weighted by molar-refractivity contribution is 0.627. The third kappa shape index (κ3) is 3.04. The Morgan fingerprint density at radius 1 is 1.05 bits per heavy atom. The van der Waals surface area contributed by atoms with E-state index < -0.39 is 0 Å². The number of rotatable bonds is 1. The van der Waals surface area contributed by atoms with Gasteiger partial charge in [0.05, 0.1) is 11.4 Å². The van der Waals surface area contributed by atoms with Gasteiger partial charge in [0.15, 0.2) is 0 Å². The minimum Gasteiger partial charge on any atom is -0.248 e. The maximum Gasteiger partial charge on any atom is 0.0712 e. The van der Waals surface area contributed by atoms with Crippen molar-refractivity contribution in [3.8, 4) is 0 Å². The van der Waals surface area contributed by atoms with Gasteiger partial charge in [0.2, 0.25) is 0 Å². The van der Waals surface area contributed by atoms with E-state index in [1.165, 1.54) is 16.7 Å². The topological polar surface area (TPSA) is 12.9 Å². The van der Waals surface area contributed by atoms with E-state index >= 15 is 0 Å². The zero-order valence-electron chi connectivity index (χ0n) is 13.8. The monoisotopic (exact) mass is 289 g/mol. The van der Waals surface area contributed by atoms with Crippen LogP contribution in [0.5, 0.6) is 0 Å². The van der Waals surface area contributed by atoms with Gasteiger partial charge >= 0.3 is 0 Å². The molecular formula is C21H23N. The highest BCUT2D eigenvalue weighted by Gasteiger charge is 2.14. The lowest BCUT2D eigenvalue weighted by Crippen LogP contribution is -2.01. The molecule has 0 N–H and O–H groups in total. The van der Waals surface area contributed by atoms with Gasteiger partial charge in [-0.15, -0.1) is 0 Å². The van der Waals surface area contributed by atoms with Crippen LogP contribution in [0.25, 0.3) is 17.7 Å². The number of hydrogen-bond acceptors (Lipinski definition) is 1. The molecule has 112 valence electrons. The summed E-state index contributed by atoms with van der Waals surface area (Å²) in [7, 11) is 0. The molecule has 0 fully saturated rings. The minimum absolute atomic E-state index is 0.0943. The maximum atomic E-state index is 4.89. The zero-order valence-corrected chi connectivity index (χ0v) is 13.8. The number of pyridine rings is 1. The molecule has 2 aliphatic carbocycles. The molecule has 0 aliphatic heterocycles. The van der Waals surface area contributed by atoms with Gasteiger partial charge in [-0.2, -0.15) is 0 Å². The summed E-state index contributed by atoms with van der Waals surface area (Å²) in [6.07, 6.45) is 19.7. The van der Waals surface area contributed by atoms with E-state index in [9.17, 15) is 0 Å². The van der Waals surface area contributed by atoms with Crippen LogP contribution in [0.15, 0.2) is 48.6 Å². The van der Waals surface area contributed by atoms with Crippen molar-refractivity contribution in [2.75, 3.05) is 0 Å². The maximum absolute atomic E-state index is 4.89. The highest BCUT2D eigenvalue weighted by molar-refractivity contribution is 5.77. The second-order valence-corrected chi connectivity index (χ2v) is 6.84. The Kier molecular flexibility index (Phi) is 3.74. The van der Waals surface area contributed by atoms with Gasteiger partial charge in [0.1, 0.15) is 0 Å². The summed E-state index contributed by atoms with van der Waals surface area (Å²) in [5.74, 6) is 0.456. The van der Waals surface area contributed by atoms with Gasteiger partial charge in [-0.3, -0.25) is 0 Å². The van der Waals surface area contributed by atoms with Crippen LogP contribution in [0, 0.1) is 18.3 Å². The summed E-state index contributed by atoms with van der Waals surface area (Å²) >= 11 is 0. The molecule has 1 nitrogen and oxygen atoms in total. The molecule has 3 rings (SSSR count). The molecule has 1 unspecified atom stereocenters. The van der Waals surface area contributed by atoms with Crippen LogP contribution < -0.4 is 0 Å². The van der Waals surface area contributed by atoms with Gasteiger partial charge in [-0.1, -0.05) is 69.4 Å². The second-order valence-electron chi connectivity index (χ2n) is 6.84. The summed E-state index contributed by atoms with van der Waals surface area (Å²) in [6, 6.07) is 2.19. The third-order valence-electron chi connectivity index (χ3n) is 4.21. The predicted molar refractivity (Wildman–Crippen MR) is 96.2 cm³/mol. The molecule has 0 saturated carbocycles. The van der Waals surface area contributed by atoms with E-state index in [0.29, 0.717) is 5.92 Å². The van der Waals surface area contributed by atoms with E-state index in [1.807, 2.05) is 0 Å². The Morgan fingerprint density at radius 3 is 2.64 bits per heavy atom. The SMILES string of the molecule is Cc1cc(C2=CC=CC(C)(C)C=C2)nc2c1C=CC(C)C=C2. The summed E-state index contributed by atoms with van der Waals surface area (Å²) in [4.78, 5) is 4.89. The highest BCUT2D eigenvalue weighted by Crippen LogP contribution is 2.29. The molecule has 0 amide bonds. The largest absolute Gasteiger partial charge is 0.248 e. The van der Waals surface area contributed by atoms with E-state index in [2.05, 4.69) is 88.4 Å². The van der Waals surface area contributed by atoms with Gasteiger partial charge in [0.25, 0.3) is 0 Å². The van der Waals surface area contributed by atoms with Crippen molar-refractivity contribution in [3.05, 3.63) is 71.1 Å². The van der Waals surface area contributed by atoms with E-state index in [4.69, 9.17) is 4.98 Å². The molecule has 0 spiro atoms. The molecule has 1 aromatic heterocycles. The van der Waals surface area contributed by atoms with E-state index in [1.54, 1.807) is 0 Å². The Balaban J connectivity index is 2.06. The summed E-state index contributed by atoms with van der Waals surface area (Å²) in [5, 5.41) is 0. The fraction of sp³-hybridized carbons (Fsp3) is 0.286. The van der Waals surface area contributed by atoms with Crippen molar-refractivity contribution in [3.63, 3.8) is 0 Å². The summed E-state index contributed by atoms with van der Waals surface area (Å²) in [5.41, 5.74) is 5.88. The highest BCUT2D eigenvalue weighted by atomic mass is 14.7. The number of aromatic nitrogens is 1. The lowest BCUT2D eigenvalue weighted by atomic mass is 9.93. The molecule has 0 radical (unpaired) electrons. The van der Waals surface area contributed by atoms with E-state index in [-0.39, 0.29) is 5.41 Å². The Hall–Kier alpha value is -2.15. The zero-order chi connectivity index (χ0) is 15.7. The molecule has 1 heteroatoms. The molecule has 0 aromatic carbocycles. The average molecular weight is 289 g/mol. The smallest absolute Gasteiger partial charge is 0.0712 e. The molecule has 1 atom stereocenters. The molecule has 2 aliphatic rings. The van der Waals surface area contributed by atoms with Crippen molar-refractivity contribution in [2.45, 2.75) is 27.7 Å². The van der Waals surface area contributed by atoms with Crippen molar-refractivity contribution in [2.24, 2.45) is 11.3 Å². The van der Waals surface area contributed by atoms with E-state index in [0.717, 1.165) is 11.4 Å². The van der Waals surface area contributed by atoms with Gasteiger partial charge in [-0.05, 0) is 36.1 Å². The fourth-order valence-electron chi connectivity index (χ4n) is 2.74. The molecule has 0 bridgehead atoms. The number of fused-ring (bicyclic) bond motifs is 1. The molecular weight excluding hydrogens is 266 g/mol. The van der Waals surface area contributed by atoms with Crippen LogP contribution in [-0.2, 0) is 0 Å². The van der Waals surface area contributed by atoms with Gasteiger partial charge < -0.3 is 0 Å². The first kappa shape index (κ1) is 14.8. The quantitative estimate of drug-likeness (QED) is 0.655. The van der Waals surface area contributed by atoms with Crippen molar-refractivity contribution in [1.29, 1.82) is 0 Å². The first-order valence-corrected chi connectivity index (χ1v) is 7.92. The Morgan fingerprint density at radius 2 is 1.82 bits per heavy atom. The van der Waals surface area contributed by atoms with Crippen molar-refractivity contribution < 1.29 is 0 Å². The minimum atomic E-state index is 0.0943. The van der Waals surface area contributed by atoms with Gasteiger partial charge in [0, 0.05) is 11.0 Å². The normalized spacial score (nSPS) is 22.0. The predicted octanol–water partition coefficient (Wildman–Crippen LogP) is 5.60. The number of hydrogen-bond donors (Lipinski definition) is 0. The first-order valence-electron chi connectivity index (χ1n) is 7.92. The Labute approximate surface area is 133 Å². The average Bonchev–Trinajstić information content (AvgIpc) is 2.75. The summed E-state index contributed by atoms with van der Waals surface area (Å²) in [6.45, 7) is 8.78. The van der Waals surface area contributed by atoms with Gasteiger partial charge in [-0.25, -0.2) is 4.98 Å². The number of aryl methyl sites for hydroxylation is 1. The fourth-order valence-corrected chi connectivity index (χ4v) is 2.74. The van der Waals surface area contributed by atoms with Crippen LogP contribution in [0.1, 0.15) is 43.3 Å². The van der Waals surface area contributed by atoms with Crippen LogP contribution in [0.3, 0.4) is 0 Å². The molecule has 1 aromatic rings. The van der Waals surface area contributed by atoms with Crippen LogP contribution in [0.4, 0.5) is 0 Å².